The zero-order chi connectivity index (χ0) is 14.4. The summed E-state index contributed by atoms with van der Waals surface area (Å²) in [6.07, 6.45) is -0.926. The van der Waals surface area contributed by atoms with Crippen LogP contribution >= 0.6 is 11.6 Å². The molecule has 0 aliphatic heterocycles. The minimum absolute atomic E-state index is 0.0584. The number of carbonyl (C=O) groups excluding carboxylic acids is 1. The number of alkyl halides is 1. The molecule has 1 unspecified atom stereocenters. The van der Waals surface area contributed by atoms with Gasteiger partial charge in [0.25, 0.3) is 0 Å². The van der Waals surface area contributed by atoms with Gasteiger partial charge in [0.1, 0.15) is 17.3 Å². The van der Waals surface area contributed by atoms with E-state index in [1.54, 1.807) is 6.92 Å². The summed E-state index contributed by atoms with van der Waals surface area (Å²) in [7, 11) is 0. The van der Waals surface area contributed by atoms with Crippen molar-refractivity contribution in [2.24, 2.45) is 0 Å². The first-order valence-electron chi connectivity index (χ1n) is 5.63. The number of hydrogen-bond acceptors (Lipinski definition) is 4. The summed E-state index contributed by atoms with van der Waals surface area (Å²) in [4.78, 5) is 11.3. The molecule has 7 heteroatoms. The monoisotopic (exact) mass is 293 g/mol. The number of esters is 1. The number of halogens is 3. The lowest BCUT2D eigenvalue weighted by Crippen LogP contribution is -2.22. The number of nitrogens with one attached hydrogen (secondary N) is 1. The summed E-state index contributed by atoms with van der Waals surface area (Å²) in [6.45, 7) is 1.61. The van der Waals surface area contributed by atoms with Gasteiger partial charge < -0.3 is 15.2 Å². The second-order valence-corrected chi connectivity index (χ2v) is 4.03. The molecule has 0 aliphatic carbocycles. The molecule has 0 heterocycles. The van der Waals surface area contributed by atoms with Crippen molar-refractivity contribution in [2.75, 3.05) is 24.3 Å². The molecule has 0 radical (unpaired) electrons. The third-order valence-electron chi connectivity index (χ3n) is 2.25. The maximum atomic E-state index is 13.6. The summed E-state index contributed by atoms with van der Waals surface area (Å²) < 4.78 is 31.9. The summed E-state index contributed by atoms with van der Waals surface area (Å²) in [5.74, 6) is -2.74. The lowest BCUT2D eigenvalue weighted by Gasteiger charge is -2.12. The van der Waals surface area contributed by atoms with Gasteiger partial charge in [-0.1, -0.05) is 0 Å². The second-order valence-electron chi connectivity index (χ2n) is 3.72. The zero-order valence-electron chi connectivity index (χ0n) is 10.3. The molecule has 2 N–H and O–H groups in total. The Balaban J connectivity index is 2.88. The molecule has 0 saturated carbocycles. The molecule has 4 nitrogen and oxygen atoms in total. The highest BCUT2D eigenvalue weighted by Gasteiger charge is 2.16. The van der Waals surface area contributed by atoms with Gasteiger partial charge in [0.15, 0.2) is 0 Å². The average molecular weight is 294 g/mol. The van der Waals surface area contributed by atoms with E-state index in [2.05, 4.69) is 10.1 Å². The minimum atomic E-state index is -0.940. The summed E-state index contributed by atoms with van der Waals surface area (Å²) in [6, 6.07) is 1.74. The summed E-state index contributed by atoms with van der Waals surface area (Å²) >= 11 is 5.36. The predicted octanol–water partition coefficient (Wildman–Crippen LogP) is 2.15. The second kappa shape index (κ2) is 7.25. The molecule has 1 atom stereocenters. The van der Waals surface area contributed by atoms with Crippen LogP contribution in [0.25, 0.3) is 0 Å². The van der Waals surface area contributed by atoms with E-state index in [9.17, 15) is 18.7 Å². The number of anilines is 1. The van der Waals surface area contributed by atoms with E-state index in [0.29, 0.717) is 0 Å². The largest absolute Gasteiger partial charge is 0.462 e. The molecule has 1 rings (SSSR count). The molecule has 106 valence electrons. The number of aliphatic hydroxyl groups excluding tert-OH is 1. The van der Waals surface area contributed by atoms with Crippen LogP contribution in [0.4, 0.5) is 14.5 Å². The molecule has 0 saturated heterocycles. The Labute approximate surface area is 114 Å². The molecule has 19 heavy (non-hydrogen) atoms. The third-order valence-corrected chi connectivity index (χ3v) is 2.60. The van der Waals surface area contributed by atoms with Crippen LogP contribution in [0.15, 0.2) is 12.1 Å². The Hall–Kier alpha value is -1.40. The number of aliphatic hydroxyl groups is 1. The molecule has 0 aliphatic rings. The molecular weight excluding hydrogens is 280 g/mol. The van der Waals surface area contributed by atoms with Crippen molar-refractivity contribution in [3.8, 4) is 0 Å². The fourth-order valence-electron chi connectivity index (χ4n) is 1.35. The Morgan fingerprint density at radius 1 is 1.47 bits per heavy atom. The Morgan fingerprint density at radius 2 is 2.05 bits per heavy atom. The first kappa shape index (κ1) is 15.7. The van der Waals surface area contributed by atoms with Crippen LogP contribution in [0.5, 0.6) is 0 Å². The van der Waals surface area contributed by atoms with Crippen molar-refractivity contribution in [1.29, 1.82) is 0 Å². The Morgan fingerprint density at radius 3 is 2.53 bits per heavy atom. The highest BCUT2D eigenvalue weighted by molar-refractivity contribution is 6.18. The van der Waals surface area contributed by atoms with E-state index in [4.69, 9.17) is 11.6 Å². The number of benzene rings is 1. The van der Waals surface area contributed by atoms with E-state index < -0.39 is 29.4 Å². The number of ether oxygens (including phenoxy) is 1. The van der Waals surface area contributed by atoms with Crippen LogP contribution < -0.4 is 5.32 Å². The number of rotatable bonds is 6. The average Bonchev–Trinajstić information content (AvgIpc) is 2.37. The van der Waals surface area contributed by atoms with Crippen molar-refractivity contribution in [1.82, 2.24) is 0 Å². The van der Waals surface area contributed by atoms with E-state index in [1.165, 1.54) is 0 Å². The topological polar surface area (TPSA) is 58.6 Å². The smallest absolute Gasteiger partial charge is 0.338 e. The molecule has 0 spiro atoms. The first-order chi connectivity index (χ1) is 8.99. The lowest BCUT2D eigenvalue weighted by molar-refractivity contribution is 0.0525. The van der Waals surface area contributed by atoms with E-state index in [-0.39, 0.29) is 24.6 Å². The first-order valence-corrected chi connectivity index (χ1v) is 6.17. The van der Waals surface area contributed by atoms with Crippen LogP contribution in [0.1, 0.15) is 17.3 Å². The van der Waals surface area contributed by atoms with Crippen LogP contribution in [-0.4, -0.2) is 36.2 Å². The van der Waals surface area contributed by atoms with Crippen molar-refractivity contribution < 1.29 is 23.4 Å². The Bertz CT molecular complexity index is 434. The van der Waals surface area contributed by atoms with Crippen LogP contribution in [0, 0.1) is 11.6 Å². The molecular formula is C12H14ClF2NO3. The van der Waals surface area contributed by atoms with Crippen molar-refractivity contribution >= 4 is 23.3 Å². The minimum Gasteiger partial charge on any atom is -0.462 e. The zero-order valence-corrected chi connectivity index (χ0v) is 11.0. The van der Waals surface area contributed by atoms with Gasteiger partial charge in [-0.3, -0.25) is 0 Å². The van der Waals surface area contributed by atoms with E-state index in [1.807, 2.05) is 0 Å². The van der Waals surface area contributed by atoms with Gasteiger partial charge in [-0.15, -0.1) is 11.6 Å². The molecule has 1 aromatic rings. The Kier molecular flexibility index (Phi) is 5.98. The normalized spacial score (nSPS) is 12.1. The maximum absolute atomic E-state index is 13.6. The van der Waals surface area contributed by atoms with Crippen LogP contribution in [-0.2, 0) is 4.74 Å². The van der Waals surface area contributed by atoms with Gasteiger partial charge in [-0.05, 0) is 19.1 Å². The molecule has 0 aromatic heterocycles. The molecule has 1 aromatic carbocycles. The van der Waals surface area contributed by atoms with Gasteiger partial charge in [0.2, 0.25) is 0 Å². The van der Waals surface area contributed by atoms with E-state index >= 15 is 0 Å². The van der Waals surface area contributed by atoms with E-state index in [0.717, 1.165) is 12.1 Å². The van der Waals surface area contributed by atoms with Crippen molar-refractivity contribution in [3.63, 3.8) is 0 Å². The predicted molar refractivity (Wildman–Crippen MR) is 67.5 cm³/mol. The molecule has 0 bridgehead atoms. The fraction of sp³-hybridized carbons (Fsp3) is 0.417. The van der Waals surface area contributed by atoms with Gasteiger partial charge in [-0.25, -0.2) is 13.6 Å². The van der Waals surface area contributed by atoms with Crippen LogP contribution in [0.2, 0.25) is 0 Å². The van der Waals surface area contributed by atoms with Crippen LogP contribution in [0.3, 0.4) is 0 Å². The van der Waals surface area contributed by atoms with Gasteiger partial charge in [0.05, 0.1) is 24.2 Å². The quantitative estimate of drug-likeness (QED) is 0.623. The highest BCUT2D eigenvalue weighted by atomic mass is 35.5. The van der Waals surface area contributed by atoms with Crippen molar-refractivity contribution in [2.45, 2.75) is 13.0 Å². The fourth-order valence-corrected chi connectivity index (χ4v) is 1.46. The SMILES string of the molecule is CCOC(=O)c1cc(F)c(NCC(O)CCl)c(F)c1. The van der Waals surface area contributed by atoms with Gasteiger partial charge in [0, 0.05) is 6.54 Å². The van der Waals surface area contributed by atoms with Gasteiger partial charge >= 0.3 is 5.97 Å². The molecule has 0 amide bonds. The highest BCUT2D eigenvalue weighted by Crippen LogP contribution is 2.21. The number of hydrogen-bond donors (Lipinski definition) is 2. The summed E-state index contributed by atoms with van der Waals surface area (Å²) in [5, 5.41) is 11.6. The third kappa shape index (κ3) is 4.33. The number of carbonyl (C=O) groups is 1. The lowest BCUT2D eigenvalue weighted by atomic mass is 10.2. The van der Waals surface area contributed by atoms with Crippen molar-refractivity contribution in [3.05, 3.63) is 29.3 Å². The summed E-state index contributed by atoms with van der Waals surface area (Å²) in [5.41, 5.74) is -0.627. The maximum Gasteiger partial charge on any atom is 0.338 e. The van der Waals surface area contributed by atoms with Gasteiger partial charge in [-0.2, -0.15) is 0 Å². The standard InChI is InChI=1S/C12H14ClF2NO3/c1-2-19-12(18)7-3-9(14)11(10(15)4-7)16-6-8(17)5-13/h3-4,8,16-17H,2,5-6H2,1H3. The molecule has 0 fully saturated rings.